The number of carbonyl (C=O) groups is 3. The maximum Gasteiger partial charge on any atom is 0.310 e. The largest absolute Gasteiger partial charge is 0.481 e. The molecule has 3 aliphatic rings. The molecule has 0 aromatic heterocycles. The van der Waals surface area contributed by atoms with Gasteiger partial charge in [-0.25, -0.2) is 0 Å². The molecule has 3 heterocycles. The highest BCUT2D eigenvalue weighted by Gasteiger charge is 2.75. The number of rotatable bonds is 9. The first kappa shape index (κ1) is 23.4. The maximum absolute atomic E-state index is 14.1. The highest BCUT2D eigenvalue weighted by molar-refractivity contribution is 5.98. The molecule has 1 spiro atoms. The van der Waals surface area contributed by atoms with E-state index in [-0.39, 0.29) is 25.0 Å². The van der Waals surface area contributed by atoms with Crippen LogP contribution in [-0.2, 0) is 25.7 Å². The van der Waals surface area contributed by atoms with Crippen molar-refractivity contribution in [1.82, 2.24) is 9.80 Å². The lowest BCUT2D eigenvalue weighted by molar-refractivity contribution is -0.154. The molecule has 1 aromatic rings. The topological polar surface area (TPSA) is 107 Å². The second kappa shape index (κ2) is 8.91. The molecule has 0 aliphatic carbocycles. The standard InChI is InChI=1S/C25H32N2O6/c1-4-12-26(13-16-8-6-5-7-9-16)23(30)21-25-11-10-18(33-25)19(24(31)32)20(25)22(29)27(21)17(14-28)15(2)3/h4-9,15,17-21,28H,1,10-14H2,2-3H3,(H,31,32)/t17-,18-,19+,20+,21-,25+/m0/s1. The fourth-order valence-electron chi connectivity index (χ4n) is 5.99. The minimum atomic E-state index is -1.19. The highest BCUT2D eigenvalue weighted by atomic mass is 16.5. The van der Waals surface area contributed by atoms with E-state index in [1.807, 2.05) is 44.2 Å². The van der Waals surface area contributed by atoms with Crippen molar-refractivity contribution >= 4 is 17.8 Å². The fourth-order valence-corrected chi connectivity index (χ4v) is 5.99. The number of amides is 2. The summed E-state index contributed by atoms with van der Waals surface area (Å²) < 4.78 is 6.25. The van der Waals surface area contributed by atoms with Gasteiger partial charge in [-0.3, -0.25) is 14.4 Å². The summed E-state index contributed by atoms with van der Waals surface area (Å²) in [6.07, 6.45) is 1.98. The monoisotopic (exact) mass is 456 g/mol. The Balaban J connectivity index is 1.78. The molecule has 2 bridgehead atoms. The Morgan fingerprint density at radius 1 is 1.33 bits per heavy atom. The molecule has 8 nitrogen and oxygen atoms in total. The first-order valence-electron chi connectivity index (χ1n) is 11.5. The third kappa shape index (κ3) is 3.65. The van der Waals surface area contributed by atoms with Crippen molar-refractivity contribution in [1.29, 1.82) is 0 Å². The zero-order chi connectivity index (χ0) is 23.9. The van der Waals surface area contributed by atoms with E-state index in [1.165, 1.54) is 4.90 Å². The number of aliphatic hydroxyl groups excluding tert-OH is 1. The average molecular weight is 457 g/mol. The Morgan fingerprint density at radius 3 is 2.61 bits per heavy atom. The van der Waals surface area contributed by atoms with Gasteiger partial charge in [-0.15, -0.1) is 6.58 Å². The van der Waals surface area contributed by atoms with Gasteiger partial charge in [-0.1, -0.05) is 50.3 Å². The summed E-state index contributed by atoms with van der Waals surface area (Å²) in [5.74, 6) is -3.84. The van der Waals surface area contributed by atoms with Crippen LogP contribution in [0.15, 0.2) is 43.0 Å². The molecule has 3 aliphatic heterocycles. The molecule has 0 radical (unpaired) electrons. The predicted octanol–water partition coefficient (Wildman–Crippen LogP) is 1.68. The number of likely N-dealkylation sites (tertiary alicyclic amines) is 1. The molecule has 3 fully saturated rings. The van der Waals surface area contributed by atoms with Crippen molar-refractivity contribution in [3.8, 4) is 0 Å². The lowest BCUT2D eigenvalue weighted by Gasteiger charge is -2.40. The highest BCUT2D eigenvalue weighted by Crippen LogP contribution is 2.59. The van der Waals surface area contributed by atoms with E-state index in [1.54, 1.807) is 11.0 Å². The molecular formula is C25H32N2O6. The number of carboxylic acid groups (broad SMARTS) is 1. The second-order valence-electron chi connectivity index (χ2n) is 9.63. The number of carboxylic acids is 1. The molecule has 33 heavy (non-hydrogen) atoms. The van der Waals surface area contributed by atoms with Gasteiger partial charge in [0.25, 0.3) is 0 Å². The molecule has 0 unspecified atom stereocenters. The van der Waals surface area contributed by atoms with Gasteiger partial charge in [0.15, 0.2) is 0 Å². The predicted molar refractivity (Wildman–Crippen MR) is 120 cm³/mol. The number of aliphatic carboxylic acids is 1. The van der Waals surface area contributed by atoms with Crippen molar-refractivity contribution in [2.45, 2.75) is 57.0 Å². The van der Waals surface area contributed by atoms with Gasteiger partial charge in [0.1, 0.15) is 11.6 Å². The first-order chi connectivity index (χ1) is 15.8. The van der Waals surface area contributed by atoms with E-state index in [9.17, 15) is 24.6 Å². The smallest absolute Gasteiger partial charge is 0.310 e. The maximum atomic E-state index is 14.1. The van der Waals surface area contributed by atoms with Gasteiger partial charge < -0.3 is 24.7 Å². The van der Waals surface area contributed by atoms with Crippen LogP contribution < -0.4 is 0 Å². The Labute approximate surface area is 193 Å². The number of hydrogen-bond donors (Lipinski definition) is 2. The Morgan fingerprint density at radius 2 is 2.03 bits per heavy atom. The van der Waals surface area contributed by atoms with Gasteiger partial charge in [0.05, 0.1) is 30.6 Å². The summed E-state index contributed by atoms with van der Waals surface area (Å²) in [5.41, 5.74) is -0.263. The number of hydrogen-bond acceptors (Lipinski definition) is 5. The summed E-state index contributed by atoms with van der Waals surface area (Å²) in [6.45, 7) is 7.81. The van der Waals surface area contributed by atoms with Crippen molar-refractivity contribution in [3.63, 3.8) is 0 Å². The number of ether oxygens (including phenoxy) is 1. The molecule has 2 N–H and O–H groups in total. The summed E-state index contributed by atoms with van der Waals surface area (Å²) in [6, 6.07) is 7.92. The lowest BCUT2D eigenvalue weighted by Crippen LogP contribution is -2.59. The summed E-state index contributed by atoms with van der Waals surface area (Å²) in [7, 11) is 0. The van der Waals surface area contributed by atoms with Gasteiger partial charge >= 0.3 is 5.97 Å². The molecule has 0 saturated carbocycles. The zero-order valence-corrected chi connectivity index (χ0v) is 19.1. The normalized spacial score (nSPS) is 31.0. The number of carbonyl (C=O) groups excluding carboxylic acids is 2. The van der Waals surface area contributed by atoms with E-state index in [0.29, 0.717) is 19.4 Å². The van der Waals surface area contributed by atoms with Crippen LogP contribution in [0, 0.1) is 17.8 Å². The van der Waals surface area contributed by atoms with E-state index >= 15 is 0 Å². The number of nitrogens with zero attached hydrogens (tertiary/aromatic N) is 2. The van der Waals surface area contributed by atoms with E-state index < -0.39 is 47.5 Å². The van der Waals surface area contributed by atoms with E-state index in [4.69, 9.17) is 4.74 Å². The van der Waals surface area contributed by atoms with Crippen molar-refractivity contribution in [2.24, 2.45) is 17.8 Å². The van der Waals surface area contributed by atoms with Crippen LogP contribution in [0.25, 0.3) is 0 Å². The summed E-state index contributed by atoms with van der Waals surface area (Å²) >= 11 is 0. The third-order valence-corrected chi connectivity index (χ3v) is 7.45. The van der Waals surface area contributed by atoms with Gasteiger partial charge in [0.2, 0.25) is 11.8 Å². The molecule has 1 aromatic carbocycles. The molecular weight excluding hydrogens is 424 g/mol. The van der Waals surface area contributed by atoms with Crippen LogP contribution in [0.5, 0.6) is 0 Å². The van der Waals surface area contributed by atoms with Crippen LogP contribution in [0.4, 0.5) is 0 Å². The average Bonchev–Trinajstić information content (AvgIpc) is 3.42. The Bertz CT molecular complexity index is 934. The Kier molecular flexibility index (Phi) is 6.33. The van der Waals surface area contributed by atoms with Crippen molar-refractivity contribution in [2.75, 3.05) is 13.2 Å². The Hall–Kier alpha value is -2.71. The van der Waals surface area contributed by atoms with Crippen LogP contribution in [0.3, 0.4) is 0 Å². The van der Waals surface area contributed by atoms with E-state index in [0.717, 1.165) is 5.56 Å². The van der Waals surface area contributed by atoms with Crippen LogP contribution >= 0.6 is 0 Å². The number of fused-ring (bicyclic) bond motifs is 1. The SMILES string of the molecule is C=CCN(Cc1ccccc1)C(=O)[C@@H]1N([C@@H](CO)C(C)C)C(=O)[C@H]2[C@H](C(=O)O)[C@@H]3CC[C@]12O3. The van der Waals surface area contributed by atoms with Crippen LogP contribution in [-0.4, -0.2) is 74.7 Å². The van der Waals surface area contributed by atoms with Gasteiger partial charge in [-0.05, 0) is 24.3 Å². The number of benzene rings is 1. The summed E-state index contributed by atoms with van der Waals surface area (Å²) in [5, 5.41) is 20.1. The molecule has 6 atom stereocenters. The van der Waals surface area contributed by atoms with Crippen LogP contribution in [0.1, 0.15) is 32.3 Å². The zero-order valence-electron chi connectivity index (χ0n) is 19.1. The van der Waals surface area contributed by atoms with Crippen molar-refractivity contribution in [3.05, 3.63) is 48.6 Å². The molecule has 8 heteroatoms. The second-order valence-corrected chi connectivity index (χ2v) is 9.63. The minimum Gasteiger partial charge on any atom is -0.481 e. The fraction of sp³-hybridized carbons (Fsp3) is 0.560. The minimum absolute atomic E-state index is 0.132. The quantitative estimate of drug-likeness (QED) is 0.548. The number of aliphatic hydroxyl groups is 1. The molecule has 2 amide bonds. The summed E-state index contributed by atoms with van der Waals surface area (Å²) in [4.78, 5) is 43.0. The molecule has 4 rings (SSSR count). The molecule has 3 saturated heterocycles. The third-order valence-electron chi connectivity index (χ3n) is 7.45. The van der Waals surface area contributed by atoms with Crippen molar-refractivity contribution < 1.29 is 29.3 Å². The molecule has 178 valence electrons. The van der Waals surface area contributed by atoms with E-state index in [2.05, 4.69) is 6.58 Å². The van der Waals surface area contributed by atoms with Crippen LogP contribution in [0.2, 0.25) is 0 Å². The van der Waals surface area contributed by atoms with Gasteiger partial charge in [-0.2, -0.15) is 0 Å². The first-order valence-corrected chi connectivity index (χ1v) is 11.5. The lowest BCUT2D eigenvalue weighted by atomic mass is 9.70. The van der Waals surface area contributed by atoms with Gasteiger partial charge in [0, 0.05) is 13.1 Å².